The normalized spacial score (nSPS) is 10.2. The van der Waals surface area contributed by atoms with Gasteiger partial charge in [-0.05, 0) is 29.8 Å². The Bertz CT molecular complexity index is 538. The minimum atomic E-state index is -0.430. The Morgan fingerprint density at radius 1 is 1.05 bits per heavy atom. The summed E-state index contributed by atoms with van der Waals surface area (Å²) in [7, 11) is 0. The van der Waals surface area contributed by atoms with Gasteiger partial charge in [-0.15, -0.1) is 0 Å². The Morgan fingerprint density at radius 2 is 1.75 bits per heavy atom. The first-order chi connectivity index (χ1) is 9.75. The van der Waals surface area contributed by atoms with Gasteiger partial charge in [0, 0.05) is 18.7 Å². The van der Waals surface area contributed by atoms with Crippen molar-refractivity contribution in [3.63, 3.8) is 0 Å². The third kappa shape index (κ3) is 4.40. The Hall–Kier alpha value is -2.33. The van der Waals surface area contributed by atoms with E-state index in [1.807, 2.05) is 18.2 Å². The van der Waals surface area contributed by atoms with Crippen molar-refractivity contribution in [2.24, 2.45) is 5.73 Å². The first-order valence-corrected chi connectivity index (χ1v) is 6.53. The van der Waals surface area contributed by atoms with Gasteiger partial charge >= 0.3 is 0 Å². The van der Waals surface area contributed by atoms with Crippen molar-refractivity contribution in [1.82, 2.24) is 5.32 Å². The van der Waals surface area contributed by atoms with E-state index in [0.29, 0.717) is 12.2 Å². The molecule has 0 aliphatic heterocycles. The van der Waals surface area contributed by atoms with Crippen LogP contribution in [0.2, 0.25) is 0 Å². The fourth-order valence-electron chi connectivity index (χ4n) is 1.79. The highest BCUT2D eigenvalue weighted by Gasteiger charge is 2.00. The molecule has 0 unspecified atom stereocenters. The SMILES string of the molecule is NC(=O)c1ccc(OCCNCc2ccccc2)cc1. The molecular weight excluding hydrogens is 252 g/mol. The van der Waals surface area contributed by atoms with Gasteiger partial charge in [-0.3, -0.25) is 4.79 Å². The number of amides is 1. The Morgan fingerprint density at radius 3 is 2.40 bits per heavy atom. The van der Waals surface area contributed by atoms with Crippen LogP contribution in [0.25, 0.3) is 0 Å². The molecule has 0 aliphatic rings. The van der Waals surface area contributed by atoms with Gasteiger partial charge in [0.25, 0.3) is 0 Å². The number of carbonyl (C=O) groups excluding carboxylic acids is 1. The fourth-order valence-corrected chi connectivity index (χ4v) is 1.79. The van der Waals surface area contributed by atoms with Crippen molar-refractivity contribution in [3.8, 4) is 5.75 Å². The van der Waals surface area contributed by atoms with Crippen molar-refractivity contribution in [3.05, 3.63) is 65.7 Å². The number of rotatable bonds is 7. The highest BCUT2D eigenvalue weighted by atomic mass is 16.5. The van der Waals surface area contributed by atoms with E-state index in [0.717, 1.165) is 18.8 Å². The van der Waals surface area contributed by atoms with Crippen LogP contribution < -0.4 is 15.8 Å². The molecule has 0 saturated heterocycles. The van der Waals surface area contributed by atoms with Gasteiger partial charge < -0.3 is 15.8 Å². The second-order valence-corrected chi connectivity index (χ2v) is 4.40. The van der Waals surface area contributed by atoms with E-state index >= 15 is 0 Å². The van der Waals surface area contributed by atoms with Crippen LogP contribution in [0.5, 0.6) is 5.75 Å². The molecule has 2 aromatic rings. The lowest BCUT2D eigenvalue weighted by Gasteiger charge is -2.08. The highest BCUT2D eigenvalue weighted by molar-refractivity contribution is 5.92. The molecule has 4 nitrogen and oxygen atoms in total. The summed E-state index contributed by atoms with van der Waals surface area (Å²) in [6.45, 7) is 2.15. The molecule has 0 atom stereocenters. The van der Waals surface area contributed by atoms with Crippen molar-refractivity contribution in [2.45, 2.75) is 6.54 Å². The minimum absolute atomic E-state index is 0.430. The van der Waals surface area contributed by atoms with E-state index in [9.17, 15) is 4.79 Å². The number of hydrogen-bond donors (Lipinski definition) is 2. The average molecular weight is 270 g/mol. The van der Waals surface area contributed by atoms with Crippen molar-refractivity contribution >= 4 is 5.91 Å². The highest BCUT2D eigenvalue weighted by Crippen LogP contribution is 2.11. The molecule has 0 fully saturated rings. The maximum Gasteiger partial charge on any atom is 0.248 e. The maximum absolute atomic E-state index is 10.9. The number of ether oxygens (including phenoxy) is 1. The largest absolute Gasteiger partial charge is 0.492 e. The number of nitrogens with two attached hydrogens (primary N) is 1. The molecule has 0 heterocycles. The van der Waals surface area contributed by atoms with Gasteiger partial charge in [0.15, 0.2) is 0 Å². The van der Waals surface area contributed by atoms with Crippen LogP contribution >= 0.6 is 0 Å². The predicted octanol–water partition coefficient (Wildman–Crippen LogP) is 1.95. The third-order valence-electron chi connectivity index (χ3n) is 2.86. The van der Waals surface area contributed by atoms with Gasteiger partial charge in [0.2, 0.25) is 5.91 Å². The topological polar surface area (TPSA) is 64.4 Å². The van der Waals surface area contributed by atoms with E-state index in [1.54, 1.807) is 24.3 Å². The first kappa shape index (κ1) is 14.1. The summed E-state index contributed by atoms with van der Waals surface area (Å²) in [5.41, 5.74) is 6.90. The predicted molar refractivity (Wildman–Crippen MR) is 78.6 cm³/mol. The van der Waals surface area contributed by atoms with Gasteiger partial charge in [-0.2, -0.15) is 0 Å². The van der Waals surface area contributed by atoms with Crippen LogP contribution in [0.3, 0.4) is 0 Å². The molecule has 0 saturated carbocycles. The van der Waals surface area contributed by atoms with E-state index in [4.69, 9.17) is 10.5 Å². The van der Waals surface area contributed by atoms with E-state index < -0.39 is 5.91 Å². The Balaban J connectivity index is 1.67. The van der Waals surface area contributed by atoms with Gasteiger partial charge in [-0.1, -0.05) is 30.3 Å². The number of nitrogens with one attached hydrogen (secondary N) is 1. The lowest BCUT2D eigenvalue weighted by molar-refractivity contribution is 0.100. The van der Waals surface area contributed by atoms with Crippen LogP contribution in [0, 0.1) is 0 Å². The molecule has 3 N–H and O–H groups in total. The average Bonchev–Trinajstić information content (AvgIpc) is 2.48. The molecule has 0 radical (unpaired) electrons. The number of hydrogen-bond acceptors (Lipinski definition) is 3. The number of primary amides is 1. The second kappa shape index (κ2) is 7.31. The van der Waals surface area contributed by atoms with Crippen molar-refractivity contribution in [1.29, 1.82) is 0 Å². The maximum atomic E-state index is 10.9. The monoisotopic (exact) mass is 270 g/mol. The zero-order valence-corrected chi connectivity index (χ0v) is 11.2. The van der Waals surface area contributed by atoms with Gasteiger partial charge in [0.05, 0.1) is 0 Å². The number of benzene rings is 2. The smallest absolute Gasteiger partial charge is 0.248 e. The summed E-state index contributed by atoms with van der Waals surface area (Å²) in [6, 6.07) is 17.0. The lowest BCUT2D eigenvalue weighted by atomic mass is 10.2. The third-order valence-corrected chi connectivity index (χ3v) is 2.86. The van der Waals surface area contributed by atoms with Crippen LogP contribution in [0.4, 0.5) is 0 Å². The second-order valence-electron chi connectivity index (χ2n) is 4.40. The quantitative estimate of drug-likeness (QED) is 0.756. The Kier molecular flexibility index (Phi) is 5.15. The molecule has 0 aliphatic carbocycles. The van der Waals surface area contributed by atoms with Crippen LogP contribution in [0.15, 0.2) is 54.6 Å². The summed E-state index contributed by atoms with van der Waals surface area (Å²) in [5, 5.41) is 3.30. The van der Waals surface area contributed by atoms with Crippen molar-refractivity contribution in [2.75, 3.05) is 13.2 Å². The molecule has 0 spiro atoms. The van der Waals surface area contributed by atoms with Crippen LogP contribution in [-0.2, 0) is 6.54 Å². The van der Waals surface area contributed by atoms with E-state index in [-0.39, 0.29) is 0 Å². The standard InChI is InChI=1S/C16H18N2O2/c17-16(19)14-6-8-15(9-7-14)20-11-10-18-12-13-4-2-1-3-5-13/h1-9,18H,10-12H2,(H2,17,19). The van der Waals surface area contributed by atoms with Crippen LogP contribution in [-0.4, -0.2) is 19.1 Å². The summed E-state index contributed by atoms with van der Waals surface area (Å²) in [5.74, 6) is 0.303. The molecule has 0 aromatic heterocycles. The van der Waals surface area contributed by atoms with Gasteiger partial charge in [0.1, 0.15) is 12.4 Å². The summed E-state index contributed by atoms with van der Waals surface area (Å²) in [4.78, 5) is 10.9. The molecule has 4 heteroatoms. The molecule has 0 bridgehead atoms. The first-order valence-electron chi connectivity index (χ1n) is 6.53. The molecule has 2 rings (SSSR count). The molecule has 104 valence electrons. The van der Waals surface area contributed by atoms with E-state index in [1.165, 1.54) is 5.56 Å². The number of carbonyl (C=O) groups is 1. The molecular formula is C16H18N2O2. The summed E-state index contributed by atoms with van der Waals surface area (Å²) < 4.78 is 5.56. The summed E-state index contributed by atoms with van der Waals surface area (Å²) >= 11 is 0. The van der Waals surface area contributed by atoms with E-state index in [2.05, 4.69) is 17.4 Å². The van der Waals surface area contributed by atoms with Crippen LogP contribution in [0.1, 0.15) is 15.9 Å². The molecule has 20 heavy (non-hydrogen) atoms. The minimum Gasteiger partial charge on any atom is -0.492 e. The van der Waals surface area contributed by atoms with Gasteiger partial charge in [-0.25, -0.2) is 0 Å². The molecule has 2 aromatic carbocycles. The molecule has 1 amide bonds. The zero-order chi connectivity index (χ0) is 14.2. The Labute approximate surface area is 118 Å². The fraction of sp³-hybridized carbons (Fsp3) is 0.188. The zero-order valence-electron chi connectivity index (χ0n) is 11.2. The lowest BCUT2D eigenvalue weighted by Crippen LogP contribution is -2.20. The summed E-state index contributed by atoms with van der Waals surface area (Å²) in [6.07, 6.45) is 0. The van der Waals surface area contributed by atoms with Crippen molar-refractivity contribution < 1.29 is 9.53 Å².